The monoisotopic (exact) mass is 424 g/mol. The summed E-state index contributed by atoms with van der Waals surface area (Å²) in [6, 6.07) is 13.3. The van der Waals surface area contributed by atoms with E-state index in [4.69, 9.17) is 4.74 Å². The Bertz CT molecular complexity index is 1100. The molecule has 162 valence electrons. The minimum Gasteiger partial charge on any atom is -0.491 e. The summed E-state index contributed by atoms with van der Waals surface area (Å²) < 4.78 is 19.0. The Morgan fingerprint density at radius 2 is 2.00 bits per heavy atom. The van der Waals surface area contributed by atoms with Crippen LogP contribution >= 0.6 is 0 Å². The Morgan fingerprint density at radius 1 is 1.19 bits per heavy atom. The quantitative estimate of drug-likeness (QED) is 0.549. The third-order valence-electron chi connectivity index (χ3n) is 4.75. The molecular weight excluding hydrogens is 399 g/mol. The first-order valence-electron chi connectivity index (χ1n) is 10.2. The highest BCUT2D eigenvalue weighted by molar-refractivity contribution is 5.76. The minimum absolute atomic E-state index is 0.0741. The number of halogens is 1. The molecular formula is C23H25FN4O3. The Labute approximate surface area is 179 Å². The second-order valence-corrected chi connectivity index (χ2v) is 7.22. The van der Waals surface area contributed by atoms with E-state index in [0.717, 1.165) is 6.42 Å². The van der Waals surface area contributed by atoms with Gasteiger partial charge in [-0.25, -0.2) is 4.39 Å². The number of carbonyl (C=O) groups is 1. The van der Waals surface area contributed by atoms with Gasteiger partial charge in [-0.15, -0.1) is 10.2 Å². The molecule has 8 heteroatoms. The van der Waals surface area contributed by atoms with Crippen molar-refractivity contribution in [1.29, 1.82) is 0 Å². The van der Waals surface area contributed by atoms with Crippen LogP contribution in [-0.4, -0.2) is 27.2 Å². The number of nitrogens with zero attached hydrogens (tertiary/aromatic N) is 2. The number of nitrogens with one attached hydrogen (secondary N) is 2. The van der Waals surface area contributed by atoms with Crippen LogP contribution in [0.5, 0.6) is 5.75 Å². The van der Waals surface area contributed by atoms with Gasteiger partial charge in [0.15, 0.2) is 5.82 Å². The van der Waals surface area contributed by atoms with E-state index in [2.05, 4.69) is 20.5 Å². The predicted octanol–water partition coefficient (Wildman–Crippen LogP) is 3.40. The Hall–Kier alpha value is -3.55. The number of hydrogen-bond acceptors (Lipinski definition) is 5. The van der Waals surface area contributed by atoms with Crippen LogP contribution in [0.25, 0.3) is 11.4 Å². The summed E-state index contributed by atoms with van der Waals surface area (Å²) >= 11 is 0. The molecule has 1 unspecified atom stereocenters. The fourth-order valence-corrected chi connectivity index (χ4v) is 2.85. The van der Waals surface area contributed by atoms with Crippen LogP contribution in [0.2, 0.25) is 0 Å². The first-order valence-corrected chi connectivity index (χ1v) is 10.2. The lowest BCUT2D eigenvalue weighted by atomic mass is 10.2. The maximum Gasteiger partial charge on any atom is 0.273 e. The van der Waals surface area contributed by atoms with Crippen molar-refractivity contribution in [3.8, 4) is 17.1 Å². The van der Waals surface area contributed by atoms with Crippen molar-refractivity contribution in [2.45, 2.75) is 45.8 Å². The molecule has 0 bridgehead atoms. The Kier molecular flexibility index (Phi) is 7.48. The van der Waals surface area contributed by atoms with E-state index < -0.39 is 5.56 Å². The van der Waals surface area contributed by atoms with E-state index in [1.165, 1.54) is 12.1 Å². The number of aromatic amines is 1. The second-order valence-electron chi connectivity index (χ2n) is 7.22. The van der Waals surface area contributed by atoms with Gasteiger partial charge in [0, 0.05) is 24.9 Å². The molecule has 0 saturated heterocycles. The molecule has 31 heavy (non-hydrogen) atoms. The summed E-state index contributed by atoms with van der Waals surface area (Å²) in [5.41, 5.74) is 1.13. The molecule has 7 nitrogen and oxygen atoms in total. The molecule has 0 aliphatic carbocycles. The van der Waals surface area contributed by atoms with Crippen molar-refractivity contribution < 1.29 is 13.9 Å². The highest BCUT2D eigenvalue weighted by atomic mass is 19.1. The van der Waals surface area contributed by atoms with Crippen molar-refractivity contribution in [1.82, 2.24) is 20.5 Å². The van der Waals surface area contributed by atoms with Crippen molar-refractivity contribution >= 4 is 5.91 Å². The number of aryl methyl sites for hydroxylation is 1. The minimum atomic E-state index is -0.392. The Balaban J connectivity index is 1.59. The van der Waals surface area contributed by atoms with Gasteiger partial charge in [0.1, 0.15) is 17.3 Å². The van der Waals surface area contributed by atoms with Gasteiger partial charge in [-0.05, 0) is 43.2 Å². The van der Waals surface area contributed by atoms with Crippen molar-refractivity contribution in [2.24, 2.45) is 0 Å². The number of H-pyrrole nitrogens is 1. The predicted molar refractivity (Wildman–Crippen MR) is 115 cm³/mol. The van der Waals surface area contributed by atoms with Gasteiger partial charge in [-0.2, -0.15) is 0 Å². The second kappa shape index (κ2) is 10.5. The molecule has 0 fully saturated rings. The van der Waals surface area contributed by atoms with Crippen molar-refractivity contribution in [3.63, 3.8) is 0 Å². The molecule has 2 aromatic carbocycles. The topological polar surface area (TPSA) is 97.0 Å². The van der Waals surface area contributed by atoms with Crippen LogP contribution in [0, 0.1) is 5.82 Å². The highest BCUT2D eigenvalue weighted by Gasteiger charge is 2.11. The van der Waals surface area contributed by atoms with E-state index in [1.54, 1.807) is 18.2 Å². The van der Waals surface area contributed by atoms with Crippen LogP contribution < -0.4 is 15.6 Å². The fraction of sp³-hybridized carbons (Fsp3) is 0.304. The zero-order valence-electron chi connectivity index (χ0n) is 17.5. The summed E-state index contributed by atoms with van der Waals surface area (Å²) in [5, 5.41) is 10.8. The van der Waals surface area contributed by atoms with Gasteiger partial charge in [0.25, 0.3) is 5.56 Å². The molecule has 3 aromatic rings. The number of aromatic nitrogens is 3. The molecule has 1 amide bonds. The lowest BCUT2D eigenvalue weighted by Gasteiger charge is -2.13. The number of benzene rings is 2. The standard InChI is InChI=1S/C23H25FN4O3/c1-3-15(2)31-19-9-5-7-17(13-19)22-26-23(30)20(27-28-22)10-11-21(29)25-14-16-6-4-8-18(24)12-16/h4-9,12-13,15H,3,10-11,14H2,1-2H3,(H,25,29)(H,26,28,30). The highest BCUT2D eigenvalue weighted by Crippen LogP contribution is 2.21. The zero-order chi connectivity index (χ0) is 22.2. The summed E-state index contributed by atoms with van der Waals surface area (Å²) in [5.74, 6) is 0.405. The molecule has 1 aromatic heterocycles. The Morgan fingerprint density at radius 3 is 2.74 bits per heavy atom. The molecule has 3 rings (SSSR count). The van der Waals surface area contributed by atoms with Crippen LogP contribution in [0.1, 0.15) is 37.9 Å². The molecule has 0 radical (unpaired) electrons. The summed E-state index contributed by atoms with van der Waals surface area (Å²) in [6.45, 7) is 4.24. The van der Waals surface area contributed by atoms with Crippen LogP contribution in [0.15, 0.2) is 53.3 Å². The average molecular weight is 424 g/mol. The number of carbonyl (C=O) groups excluding carboxylic acids is 1. The summed E-state index contributed by atoms with van der Waals surface area (Å²) in [4.78, 5) is 27.2. The van der Waals surface area contributed by atoms with Crippen molar-refractivity contribution in [3.05, 3.63) is 76.0 Å². The van der Waals surface area contributed by atoms with Gasteiger partial charge in [-0.3, -0.25) is 9.59 Å². The lowest BCUT2D eigenvalue weighted by Crippen LogP contribution is -2.25. The van der Waals surface area contributed by atoms with Crippen LogP contribution in [0.4, 0.5) is 4.39 Å². The molecule has 2 N–H and O–H groups in total. The number of amides is 1. The fourth-order valence-electron chi connectivity index (χ4n) is 2.85. The average Bonchev–Trinajstić information content (AvgIpc) is 2.77. The van der Waals surface area contributed by atoms with E-state index in [0.29, 0.717) is 22.7 Å². The van der Waals surface area contributed by atoms with Gasteiger partial charge < -0.3 is 15.0 Å². The normalized spacial score (nSPS) is 11.7. The number of ether oxygens (including phenoxy) is 1. The molecule has 1 heterocycles. The third-order valence-corrected chi connectivity index (χ3v) is 4.75. The van der Waals surface area contributed by atoms with E-state index >= 15 is 0 Å². The summed E-state index contributed by atoms with van der Waals surface area (Å²) in [7, 11) is 0. The van der Waals surface area contributed by atoms with E-state index in [1.807, 2.05) is 32.0 Å². The van der Waals surface area contributed by atoms with E-state index in [-0.39, 0.29) is 42.9 Å². The van der Waals surface area contributed by atoms with E-state index in [9.17, 15) is 14.0 Å². The SMILES string of the molecule is CCC(C)Oc1cccc(-c2nnc(CCC(=O)NCc3cccc(F)c3)c(=O)[nH]2)c1. The first kappa shape index (κ1) is 22.1. The largest absolute Gasteiger partial charge is 0.491 e. The van der Waals surface area contributed by atoms with Gasteiger partial charge >= 0.3 is 0 Å². The molecule has 0 spiro atoms. The van der Waals surface area contributed by atoms with Crippen LogP contribution in [-0.2, 0) is 17.8 Å². The zero-order valence-corrected chi connectivity index (χ0v) is 17.5. The van der Waals surface area contributed by atoms with Crippen molar-refractivity contribution in [2.75, 3.05) is 0 Å². The lowest BCUT2D eigenvalue weighted by molar-refractivity contribution is -0.121. The molecule has 0 aliphatic rings. The van der Waals surface area contributed by atoms with Gasteiger partial charge in [-0.1, -0.05) is 31.2 Å². The summed E-state index contributed by atoms with van der Waals surface area (Å²) in [6.07, 6.45) is 1.18. The molecule has 1 atom stereocenters. The third kappa shape index (κ3) is 6.47. The number of hydrogen-bond donors (Lipinski definition) is 2. The molecule has 0 saturated carbocycles. The smallest absolute Gasteiger partial charge is 0.273 e. The van der Waals surface area contributed by atoms with Gasteiger partial charge in [0.05, 0.1) is 6.10 Å². The maximum atomic E-state index is 13.2. The van der Waals surface area contributed by atoms with Crippen LogP contribution in [0.3, 0.4) is 0 Å². The molecule has 0 aliphatic heterocycles. The van der Waals surface area contributed by atoms with Gasteiger partial charge in [0.2, 0.25) is 5.91 Å². The number of rotatable bonds is 9. The first-order chi connectivity index (χ1) is 14.9. The maximum absolute atomic E-state index is 13.2.